The molecule has 0 aliphatic heterocycles. The van der Waals surface area contributed by atoms with Gasteiger partial charge in [-0.3, -0.25) is 4.79 Å². The second-order valence-electron chi connectivity index (χ2n) is 5.67. The monoisotopic (exact) mass is 351 g/mol. The number of benzene rings is 2. The molecule has 0 saturated carbocycles. The third-order valence-electron chi connectivity index (χ3n) is 4.06. The molecule has 4 rings (SSSR count). The summed E-state index contributed by atoms with van der Waals surface area (Å²) >= 11 is 6.52. The van der Waals surface area contributed by atoms with Gasteiger partial charge < -0.3 is 0 Å². The van der Waals surface area contributed by atoms with Gasteiger partial charge >= 0.3 is 0 Å². The van der Waals surface area contributed by atoms with E-state index < -0.39 is 0 Å². The van der Waals surface area contributed by atoms with Gasteiger partial charge in [-0.25, -0.2) is 9.36 Å². The van der Waals surface area contributed by atoms with Crippen molar-refractivity contribution in [3.8, 4) is 5.69 Å². The Morgan fingerprint density at radius 2 is 1.76 bits per heavy atom. The highest BCUT2D eigenvalue weighted by Gasteiger charge is 2.16. The maximum Gasteiger partial charge on any atom is 0.277 e. The van der Waals surface area contributed by atoms with Crippen LogP contribution in [0, 0.1) is 6.92 Å². The average molecular weight is 352 g/mol. The van der Waals surface area contributed by atoms with Crippen LogP contribution in [0.2, 0.25) is 5.15 Å². The maximum absolute atomic E-state index is 12.6. The van der Waals surface area contributed by atoms with Gasteiger partial charge in [-0.15, -0.1) is 5.10 Å². The van der Waals surface area contributed by atoms with E-state index in [-0.39, 0.29) is 12.1 Å². The van der Waals surface area contributed by atoms with Gasteiger partial charge in [0.15, 0.2) is 0 Å². The Kier molecular flexibility index (Phi) is 3.82. The van der Waals surface area contributed by atoms with Crippen molar-refractivity contribution >= 4 is 22.5 Å². The largest absolute Gasteiger partial charge is 0.277 e. The molecule has 0 saturated heterocycles. The van der Waals surface area contributed by atoms with Gasteiger partial charge in [0.1, 0.15) is 10.7 Å². The first-order chi connectivity index (χ1) is 12.1. The van der Waals surface area contributed by atoms with E-state index in [0.717, 1.165) is 16.9 Å². The van der Waals surface area contributed by atoms with E-state index >= 15 is 0 Å². The molecule has 0 bridgehead atoms. The molecule has 0 spiro atoms. The lowest BCUT2D eigenvalue weighted by Crippen LogP contribution is -2.25. The van der Waals surface area contributed by atoms with Crippen LogP contribution >= 0.6 is 11.6 Å². The zero-order chi connectivity index (χ0) is 17.4. The van der Waals surface area contributed by atoms with Crippen LogP contribution in [0.4, 0.5) is 0 Å². The van der Waals surface area contributed by atoms with Gasteiger partial charge in [-0.2, -0.15) is 5.10 Å². The summed E-state index contributed by atoms with van der Waals surface area (Å²) in [6.45, 7) is 2.08. The predicted octanol–water partition coefficient (Wildman–Crippen LogP) is 2.99. The quantitative estimate of drug-likeness (QED) is 0.569. The molecule has 0 aliphatic rings. The van der Waals surface area contributed by atoms with Crippen molar-refractivity contribution in [3.63, 3.8) is 0 Å². The van der Waals surface area contributed by atoms with Gasteiger partial charge in [0.2, 0.25) is 0 Å². The lowest BCUT2D eigenvalue weighted by atomic mass is 10.2. The molecule has 0 amide bonds. The summed E-state index contributed by atoms with van der Waals surface area (Å²) in [6, 6.07) is 16.7. The summed E-state index contributed by atoms with van der Waals surface area (Å²) in [6.07, 6.45) is 0. The topological polar surface area (TPSA) is 65.6 Å². The molecule has 0 N–H and O–H groups in total. The molecule has 0 fully saturated rings. The number of hydrogen-bond donors (Lipinski definition) is 0. The van der Waals surface area contributed by atoms with Crippen molar-refractivity contribution in [3.05, 3.63) is 81.4 Å². The fourth-order valence-electron chi connectivity index (χ4n) is 2.73. The lowest BCUT2D eigenvalue weighted by molar-refractivity contribution is 0.599. The number of nitrogens with zero attached hydrogens (tertiary/aromatic N) is 5. The first-order valence-corrected chi connectivity index (χ1v) is 8.15. The molecule has 0 radical (unpaired) electrons. The third kappa shape index (κ3) is 2.70. The van der Waals surface area contributed by atoms with E-state index in [1.807, 2.05) is 43.3 Å². The number of rotatable bonds is 3. The molecule has 0 aliphatic carbocycles. The van der Waals surface area contributed by atoms with Crippen LogP contribution in [0.1, 0.15) is 11.3 Å². The van der Waals surface area contributed by atoms with E-state index in [2.05, 4.69) is 15.4 Å². The minimum Gasteiger partial charge on any atom is -0.267 e. The molecule has 4 aromatic rings. The molecule has 2 heterocycles. The molecule has 6 nitrogen and oxygen atoms in total. The third-order valence-corrected chi connectivity index (χ3v) is 4.45. The molecule has 25 heavy (non-hydrogen) atoms. The van der Waals surface area contributed by atoms with Gasteiger partial charge in [0.25, 0.3) is 5.56 Å². The summed E-state index contributed by atoms with van der Waals surface area (Å²) in [7, 11) is 0. The van der Waals surface area contributed by atoms with Crippen molar-refractivity contribution in [2.24, 2.45) is 0 Å². The molecular weight excluding hydrogens is 338 g/mol. The molecule has 7 heteroatoms. The van der Waals surface area contributed by atoms with Crippen LogP contribution in [0.3, 0.4) is 0 Å². The molecule has 2 aromatic carbocycles. The highest BCUT2D eigenvalue weighted by Crippen LogP contribution is 2.23. The smallest absolute Gasteiger partial charge is 0.267 e. The van der Waals surface area contributed by atoms with Crippen molar-refractivity contribution in [1.82, 2.24) is 24.8 Å². The predicted molar refractivity (Wildman–Crippen MR) is 96.2 cm³/mol. The molecule has 0 unspecified atom stereocenters. The number of aryl methyl sites for hydroxylation is 1. The molecule has 2 aromatic heterocycles. The Morgan fingerprint density at radius 1 is 1.04 bits per heavy atom. The van der Waals surface area contributed by atoms with Gasteiger partial charge in [0.05, 0.1) is 23.3 Å². The number of aromatic nitrogens is 5. The van der Waals surface area contributed by atoms with Crippen LogP contribution in [0.15, 0.2) is 59.4 Å². The summed E-state index contributed by atoms with van der Waals surface area (Å²) in [5.74, 6) is 0. The van der Waals surface area contributed by atoms with E-state index in [0.29, 0.717) is 16.1 Å². The van der Waals surface area contributed by atoms with Crippen LogP contribution in [0.25, 0.3) is 16.6 Å². The van der Waals surface area contributed by atoms with Gasteiger partial charge in [-0.05, 0) is 31.2 Å². The van der Waals surface area contributed by atoms with E-state index in [9.17, 15) is 4.79 Å². The number of fused-ring (bicyclic) bond motifs is 1. The fraction of sp³-hybridized carbons (Fsp3) is 0.111. The first kappa shape index (κ1) is 15.5. The Balaban J connectivity index is 1.79. The van der Waals surface area contributed by atoms with E-state index in [1.165, 1.54) is 4.68 Å². The minimum absolute atomic E-state index is 0.200. The Labute approximate surface area is 148 Å². The second-order valence-corrected chi connectivity index (χ2v) is 6.03. The van der Waals surface area contributed by atoms with Gasteiger partial charge in [0, 0.05) is 5.56 Å². The Bertz CT molecular complexity index is 1120. The van der Waals surface area contributed by atoms with Crippen LogP contribution in [-0.4, -0.2) is 24.8 Å². The molecule has 124 valence electrons. The second kappa shape index (κ2) is 6.14. The van der Waals surface area contributed by atoms with Crippen LogP contribution in [0.5, 0.6) is 0 Å². The summed E-state index contributed by atoms with van der Waals surface area (Å²) in [5.41, 5.74) is 2.73. The summed E-state index contributed by atoms with van der Waals surface area (Å²) < 4.78 is 2.97. The fourth-order valence-corrected chi connectivity index (χ4v) is 3.06. The zero-order valence-electron chi connectivity index (χ0n) is 13.4. The first-order valence-electron chi connectivity index (χ1n) is 7.77. The maximum atomic E-state index is 12.6. The number of halogens is 1. The highest BCUT2D eigenvalue weighted by atomic mass is 35.5. The standard InChI is InChI=1S/C18H14ClN5O/c1-12-15(17(19)24(21-12)13-7-3-2-4-8-13)11-23-18(25)14-9-5-6-10-16(14)20-22-23/h2-10H,11H2,1H3. The Morgan fingerprint density at radius 3 is 2.56 bits per heavy atom. The normalized spacial score (nSPS) is 11.1. The van der Waals surface area contributed by atoms with Crippen molar-refractivity contribution < 1.29 is 0 Å². The van der Waals surface area contributed by atoms with Crippen molar-refractivity contribution in [1.29, 1.82) is 0 Å². The summed E-state index contributed by atoms with van der Waals surface area (Å²) in [5, 5.41) is 13.6. The number of para-hydroxylation sites is 1. The van der Waals surface area contributed by atoms with Crippen LogP contribution < -0.4 is 5.56 Å². The Hall–Kier alpha value is -2.99. The SMILES string of the molecule is Cc1nn(-c2ccccc2)c(Cl)c1Cn1nnc2ccccc2c1=O. The highest BCUT2D eigenvalue weighted by molar-refractivity contribution is 6.30. The summed E-state index contributed by atoms with van der Waals surface area (Å²) in [4.78, 5) is 12.6. The van der Waals surface area contributed by atoms with Crippen molar-refractivity contribution in [2.75, 3.05) is 0 Å². The van der Waals surface area contributed by atoms with Crippen LogP contribution in [-0.2, 0) is 6.54 Å². The molecular formula is C18H14ClN5O. The van der Waals surface area contributed by atoms with E-state index in [4.69, 9.17) is 11.6 Å². The average Bonchev–Trinajstić information content (AvgIpc) is 2.93. The van der Waals surface area contributed by atoms with Gasteiger partial charge in [-0.1, -0.05) is 47.1 Å². The lowest BCUT2D eigenvalue weighted by Gasteiger charge is -2.05. The van der Waals surface area contributed by atoms with E-state index in [1.54, 1.807) is 22.9 Å². The van der Waals surface area contributed by atoms with Crippen molar-refractivity contribution in [2.45, 2.75) is 13.5 Å². The molecule has 0 atom stereocenters. The zero-order valence-corrected chi connectivity index (χ0v) is 14.2. The number of hydrogen-bond acceptors (Lipinski definition) is 4. The minimum atomic E-state index is -0.200.